The van der Waals surface area contributed by atoms with Crippen molar-refractivity contribution in [2.45, 2.75) is 6.92 Å². The van der Waals surface area contributed by atoms with Gasteiger partial charge in [-0.3, -0.25) is 0 Å². The Labute approximate surface area is 146 Å². The van der Waals surface area contributed by atoms with Crippen molar-refractivity contribution in [1.29, 1.82) is 0 Å². The molecular formula is C12H11Cl3CuO5. The summed E-state index contributed by atoms with van der Waals surface area (Å²) in [6.45, 7) is 4.13. The van der Waals surface area contributed by atoms with Gasteiger partial charge in [0.05, 0.1) is 15.1 Å². The van der Waals surface area contributed by atoms with Gasteiger partial charge in [0, 0.05) is 28.7 Å². The van der Waals surface area contributed by atoms with E-state index in [1.54, 1.807) is 0 Å². The number of hydrogen-bond acceptors (Lipinski definition) is 3. The molecule has 121 valence electrons. The molecule has 0 spiro atoms. The fourth-order valence-electron chi connectivity index (χ4n) is 0.754. The molecule has 0 atom stereocenters. The van der Waals surface area contributed by atoms with E-state index in [2.05, 4.69) is 6.58 Å². The van der Waals surface area contributed by atoms with E-state index in [0.29, 0.717) is 5.02 Å². The zero-order valence-electron chi connectivity index (χ0n) is 10.6. The minimum Gasteiger partial charge on any atom is -0.480 e. The summed E-state index contributed by atoms with van der Waals surface area (Å²) in [5.74, 6) is -1.83. The first-order valence-corrected chi connectivity index (χ1v) is 6.16. The number of carboxylic acid groups (broad SMARTS) is 2. The van der Waals surface area contributed by atoms with Crippen molar-refractivity contribution in [2.75, 3.05) is 6.61 Å². The van der Waals surface area contributed by atoms with Crippen LogP contribution in [0.3, 0.4) is 0 Å². The van der Waals surface area contributed by atoms with Crippen molar-refractivity contribution < 1.29 is 41.6 Å². The monoisotopic (exact) mass is 403 g/mol. The number of benzene rings is 1. The van der Waals surface area contributed by atoms with Gasteiger partial charge in [0.1, 0.15) is 5.75 Å². The van der Waals surface area contributed by atoms with Crippen molar-refractivity contribution in [3.8, 4) is 5.75 Å². The molecule has 5 nitrogen and oxygen atoms in total. The molecule has 0 amide bonds. The van der Waals surface area contributed by atoms with Crippen molar-refractivity contribution in [3.05, 3.63) is 39.4 Å². The number of halogens is 3. The van der Waals surface area contributed by atoms with Gasteiger partial charge in [-0.2, -0.15) is 0 Å². The van der Waals surface area contributed by atoms with Gasteiger partial charge in [-0.1, -0.05) is 41.4 Å². The summed E-state index contributed by atoms with van der Waals surface area (Å²) in [5.41, 5.74) is 0.176. The third-order valence-corrected chi connectivity index (χ3v) is 2.71. The summed E-state index contributed by atoms with van der Waals surface area (Å²) < 4.78 is 4.86. The third kappa shape index (κ3) is 9.61. The van der Waals surface area contributed by atoms with E-state index in [-0.39, 0.29) is 38.4 Å². The molecule has 0 unspecified atom stereocenters. The van der Waals surface area contributed by atoms with E-state index in [1.807, 2.05) is 0 Å². The minimum absolute atomic E-state index is 0. The van der Waals surface area contributed by atoms with Gasteiger partial charge < -0.3 is 14.9 Å². The molecule has 1 rings (SSSR count). The molecule has 0 aliphatic carbocycles. The molecule has 0 saturated heterocycles. The largest absolute Gasteiger partial charge is 0.480 e. The topological polar surface area (TPSA) is 83.8 Å². The predicted octanol–water partition coefficient (Wildman–Crippen LogP) is 3.75. The van der Waals surface area contributed by atoms with Gasteiger partial charge in [-0.05, 0) is 13.0 Å². The second-order valence-corrected chi connectivity index (χ2v) is 4.69. The Morgan fingerprint density at radius 1 is 1.14 bits per heavy atom. The Kier molecular flexibility index (Phi) is 11.5. The summed E-state index contributed by atoms with van der Waals surface area (Å²) in [7, 11) is 0. The van der Waals surface area contributed by atoms with Crippen molar-refractivity contribution >= 4 is 46.7 Å². The maximum atomic E-state index is 10.2. The van der Waals surface area contributed by atoms with E-state index in [1.165, 1.54) is 19.1 Å². The Bertz CT molecular complexity index is 522. The molecule has 2 N–H and O–H groups in total. The average Bonchev–Trinajstić information content (AvgIpc) is 2.32. The molecule has 1 aromatic rings. The number of hydrogen-bond donors (Lipinski definition) is 2. The van der Waals surface area contributed by atoms with E-state index in [9.17, 15) is 9.59 Å². The maximum Gasteiger partial charge on any atom is 0.341 e. The molecule has 0 heterocycles. The van der Waals surface area contributed by atoms with Crippen LogP contribution in [0.1, 0.15) is 6.92 Å². The summed E-state index contributed by atoms with van der Waals surface area (Å²) >= 11 is 17.1. The zero-order valence-corrected chi connectivity index (χ0v) is 13.8. The summed E-state index contributed by atoms with van der Waals surface area (Å²) in [4.78, 5) is 19.8. The predicted molar refractivity (Wildman–Crippen MR) is 77.1 cm³/mol. The summed E-state index contributed by atoms with van der Waals surface area (Å²) in [5, 5.41) is 17.0. The molecule has 21 heavy (non-hydrogen) atoms. The van der Waals surface area contributed by atoms with Gasteiger partial charge in [0.15, 0.2) is 6.61 Å². The standard InChI is InChI=1S/C8H5Cl3O3.C4H6O2.Cu/c9-4-1-6(11)7(2-5(4)10)14-3-8(12)13;1-3(2)4(5)6;/h1-2H,3H2,(H,12,13);1H2,2H3,(H,5,6);. The zero-order chi connectivity index (χ0) is 15.9. The van der Waals surface area contributed by atoms with Crippen LogP contribution in [0.25, 0.3) is 0 Å². The Morgan fingerprint density at radius 2 is 1.57 bits per heavy atom. The first kappa shape index (κ1) is 22.4. The maximum absolute atomic E-state index is 10.2. The van der Waals surface area contributed by atoms with Crippen LogP contribution in [0.15, 0.2) is 24.3 Å². The number of carboxylic acids is 2. The van der Waals surface area contributed by atoms with Gasteiger partial charge in [0.25, 0.3) is 0 Å². The Morgan fingerprint density at radius 3 is 1.95 bits per heavy atom. The van der Waals surface area contributed by atoms with Crippen LogP contribution in [0.2, 0.25) is 15.1 Å². The molecule has 1 radical (unpaired) electrons. The normalized spacial score (nSPS) is 8.76. The van der Waals surface area contributed by atoms with Crippen LogP contribution in [-0.2, 0) is 26.7 Å². The Hall–Kier alpha value is -0.911. The number of carbonyl (C=O) groups is 2. The van der Waals surface area contributed by atoms with Crippen LogP contribution in [0.4, 0.5) is 0 Å². The molecule has 0 fully saturated rings. The average molecular weight is 405 g/mol. The van der Waals surface area contributed by atoms with Crippen LogP contribution in [-0.4, -0.2) is 28.8 Å². The van der Waals surface area contributed by atoms with Crippen molar-refractivity contribution in [2.24, 2.45) is 0 Å². The van der Waals surface area contributed by atoms with E-state index in [0.717, 1.165) is 0 Å². The van der Waals surface area contributed by atoms with E-state index < -0.39 is 18.5 Å². The van der Waals surface area contributed by atoms with E-state index >= 15 is 0 Å². The van der Waals surface area contributed by atoms with Gasteiger partial charge in [0.2, 0.25) is 0 Å². The molecular weight excluding hydrogens is 394 g/mol. The molecule has 1 aromatic carbocycles. The number of rotatable bonds is 4. The molecule has 0 saturated carbocycles. The summed E-state index contributed by atoms with van der Waals surface area (Å²) in [6, 6.07) is 2.76. The van der Waals surface area contributed by atoms with Crippen LogP contribution >= 0.6 is 34.8 Å². The fourth-order valence-corrected chi connectivity index (χ4v) is 1.35. The first-order valence-electron chi connectivity index (χ1n) is 5.03. The molecule has 9 heteroatoms. The molecule has 0 bridgehead atoms. The van der Waals surface area contributed by atoms with Gasteiger partial charge in [-0.15, -0.1) is 0 Å². The number of ether oxygens (including phenoxy) is 1. The SMILES string of the molecule is C=C(C)C(=O)O.O=C(O)COc1cc(Cl)c(Cl)cc1Cl.[Cu]. The molecule has 0 aromatic heterocycles. The van der Waals surface area contributed by atoms with Crippen LogP contribution in [0, 0.1) is 0 Å². The summed E-state index contributed by atoms with van der Waals surface area (Å²) in [6.07, 6.45) is 0. The first-order chi connectivity index (χ1) is 9.15. The van der Waals surface area contributed by atoms with Gasteiger partial charge in [-0.25, -0.2) is 9.59 Å². The fraction of sp³-hybridized carbons (Fsp3) is 0.167. The van der Waals surface area contributed by atoms with Crippen molar-refractivity contribution in [1.82, 2.24) is 0 Å². The second-order valence-electron chi connectivity index (χ2n) is 3.46. The van der Waals surface area contributed by atoms with Crippen LogP contribution < -0.4 is 4.74 Å². The second kappa shape index (κ2) is 10.8. The molecule has 0 aliphatic heterocycles. The van der Waals surface area contributed by atoms with E-state index in [4.69, 9.17) is 49.8 Å². The smallest absolute Gasteiger partial charge is 0.341 e. The number of aliphatic carboxylic acids is 2. The third-order valence-electron chi connectivity index (χ3n) is 1.69. The quantitative estimate of drug-likeness (QED) is 0.453. The van der Waals surface area contributed by atoms with Crippen LogP contribution in [0.5, 0.6) is 5.75 Å². The van der Waals surface area contributed by atoms with Crippen molar-refractivity contribution in [3.63, 3.8) is 0 Å². The minimum atomic E-state index is -1.09. The van der Waals surface area contributed by atoms with Gasteiger partial charge >= 0.3 is 11.9 Å². The Balaban J connectivity index is 0. The molecule has 0 aliphatic rings.